The van der Waals surface area contributed by atoms with Crippen molar-refractivity contribution in [3.05, 3.63) is 65.7 Å². The van der Waals surface area contributed by atoms with Crippen molar-refractivity contribution >= 4 is 24.2 Å². The van der Waals surface area contributed by atoms with Gasteiger partial charge in [0.2, 0.25) is 5.91 Å². The number of nitrogens with zero attached hydrogens (tertiary/aromatic N) is 2. The van der Waals surface area contributed by atoms with Gasteiger partial charge in [-0.2, -0.15) is 0 Å². The molecule has 6 nitrogen and oxygen atoms in total. The van der Waals surface area contributed by atoms with E-state index in [0.717, 1.165) is 5.56 Å². The number of halogens is 1. The van der Waals surface area contributed by atoms with Crippen molar-refractivity contribution in [1.29, 1.82) is 0 Å². The van der Waals surface area contributed by atoms with Crippen LogP contribution in [0.3, 0.4) is 0 Å². The van der Waals surface area contributed by atoms with Crippen LogP contribution in [0.5, 0.6) is 5.75 Å². The molecule has 2 unspecified atom stereocenters. The molecule has 0 aliphatic carbocycles. The summed E-state index contributed by atoms with van der Waals surface area (Å²) in [6.07, 6.45) is 0. The molecule has 0 saturated carbocycles. The highest BCUT2D eigenvalue weighted by Crippen LogP contribution is 2.23. The topological polar surface area (TPSA) is 75.9 Å². The zero-order valence-corrected chi connectivity index (χ0v) is 18.3. The number of hydrogen-bond donors (Lipinski definition) is 1. The summed E-state index contributed by atoms with van der Waals surface area (Å²) in [6, 6.07) is 16.6. The van der Waals surface area contributed by atoms with Gasteiger partial charge in [-0.1, -0.05) is 49.4 Å². The third kappa shape index (κ3) is 5.32. The lowest BCUT2D eigenvalue weighted by Crippen LogP contribution is -2.52. The smallest absolute Gasteiger partial charge is 0.257 e. The van der Waals surface area contributed by atoms with Crippen molar-refractivity contribution in [3.63, 3.8) is 0 Å². The van der Waals surface area contributed by atoms with E-state index in [9.17, 15) is 9.59 Å². The van der Waals surface area contributed by atoms with Crippen molar-refractivity contribution in [2.24, 2.45) is 11.7 Å². The van der Waals surface area contributed by atoms with Crippen LogP contribution in [0.1, 0.15) is 35.8 Å². The Morgan fingerprint density at radius 3 is 2.17 bits per heavy atom. The number of hydrogen-bond acceptors (Lipinski definition) is 4. The van der Waals surface area contributed by atoms with Crippen molar-refractivity contribution < 1.29 is 14.3 Å². The predicted molar refractivity (Wildman–Crippen MR) is 120 cm³/mol. The van der Waals surface area contributed by atoms with Crippen LogP contribution < -0.4 is 10.5 Å². The van der Waals surface area contributed by atoms with E-state index in [1.54, 1.807) is 11.0 Å². The number of piperazine rings is 1. The van der Waals surface area contributed by atoms with Crippen LogP contribution in [-0.4, -0.2) is 54.4 Å². The second kappa shape index (κ2) is 11.0. The van der Waals surface area contributed by atoms with Gasteiger partial charge in [0, 0.05) is 32.2 Å². The second-order valence-electron chi connectivity index (χ2n) is 7.27. The fraction of sp³-hybridized carbons (Fsp3) is 0.391. The standard InChI is InChI=1S/C23H29N3O3.ClH/c1-3-29-20-12-8-7-11-19(20)23(28)26-15-13-25(14-16-26)22(27)17(2)21(24)18-9-5-4-6-10-18;/h4-12,17,21H,3,13-16,24H2,1-2H3;1H. The Morgan fingerprint density at radius 2 is 1.53 bits per heavy atom. The monoisotopic (exact) mass is 431 g/mol. The zero-order valence-electron chi connectivity index (χ0n) is 17.5. The number of carbonyl (C=O) groups is 2. The molecule has 0 radical (unpaired) electrons. The maximum absolute atomic E-state index is 12.9. The summed E-state index contributed by atoms with van der Waals surface area (Å²) >= 11 is 0. The second-order valence-corrected chi connectivity index (χ2v) is 7.27. The minimum Gasteiger partial charge on any atom is -0.493 e. The SMILES string of the molecule is CCOc1ccccc1C(=O)N1CCN(C(=O)C(C)C(N)c2ccccc2)CC1.Cl. The molecule has 3 rings (SSSR count). The molecule has 2 N–H and O–H groups in total. The minimum absolute atomic E-state index is 0. The molecule has 2 amide bonds. The molecule has 30 heavy (non-hydrogen) atoms. The molecule has 0 bridgehead atoms. The van der Waals surface area contributed by atoms with Gasteiger partial charge in [0.05, 0.1) is 18.1 Å². The molecule has 2 aromatic carbocycles. The zero-order chi connectivity index (χ0) is 20.8. The summed E-state index contributed by atoms with van der Waals surface area (Å²) in [4.78, 5) is 29.4. The van der Waals surface area contributed by atoms with Crippen molar-refractivity contribution in [1.82, 2.24) is 9.80 Å². The average Bonchev–Trinajstić information content (AvgIpc) is 2.78. The number of benzene rings is 2. The Hall–Kier alpha value is -2.57. The third-order valence-corrected chi connectivity index (χ3v) is 5.41. The summed E-state index contributed by atoms with van der Waals surface area (Å²) in [5, 5.41) is 0. The van der Waals surface area contributed by atoms with Gasteiger partial charge in [-0.25, -0.2) is 0 Å². The average molecular weight is 432 g/mol. The summed E-state index contributed by atoms with van der Waals surface area (Å²) in [5.41, 5.74) is 7.83. The Morgan fingerprint density at radius 1 is 0.967 bits per heavy atom. The summed E-state index contributed by atoms with van der Waals surface area (Å²) in [7, 11) is 0. The van der Waals surface area contributed by atoms with E-state index in [0.29, 0.717) is 44.1 Å². The first kappa shape index (κ1) is 23.7. The molecule has 1 heterocycles. The van der Waals surface area contributed by atoms with E-state index in [2.05, 4.69) is 0 Å². The molecule has 1 fully saturated rings. The maximum Gasteiger partial charge on any atom is 0.257 e. The van der Waals surface area contributed by atoms with E-state index in [1.165, 1.54) is 0 Å². The summed E-state index contributed by atoms with van der Waals surface area (Å²) in [5.74, 6) is 0.248. The fourth-order valence-corrected chi connectivity index (χ4v) is 3.63. The van der Waals surface area contributed by atoms with Crippen molar-refractivity contribution in [2.75, 3.05) is 32.8 Å². The van der Waals surface area contributed by atoms with Crippen LogP contribution in [0.4, 0.5) is 0 Å². The number of rotatable bonds is 6. The lowest BCUT2D eigenvalue weighted by molar-refractivity contribution is -0.137. The van der Waals surface area contributed by atoms with Gasteiger partial charge in [0.25, 0.3) is 5.91 Å². The molecule has 2 atom stereocenters. The van der Waals surface area contributed by atoms with Gasteiger partial charge in [0.15, 0.2) is 0 Å². The van der Waals surface area contributed by atoms with E-state index in [-0.39, 0.29) is 36.2 Å². The van der Waals surface area contributed by atoms with Gasteiger partial charge >= 0.3 is 0 Å². The number of ether oxygens (including phenoxy) is 1. The van der Waals surface area contributed by atoms with Gasteiger partial charge in [-0.3, -0.25) is 9.59 Å². The van der Waals surface area contributed by atoms with Crippen LogP contribution in [0.15, 0.2) is 54.6 Å². The highest BCUT2D eigenvalue weighted by atomic mass is 35.5. The molecule has 0 spiro atoms. The number of carbonyl (C=O) groups excluding carboxylic acids is 2. The van der Waals surface area contributed by atoms with Gasteiger partial charge in [-0.05, 0) is 24.6 Å². The molecule has 1 aliphatic heterocycles. The third-order valence-electron chi connectivity index (χ3n) is 5.41. The Labute approximate surface area is 184 Å². The first-order valence-corrected chi connectivity index (χ1v) is 10.1. The fourth-order valence-electron chi connectivity index (χ4n) is 3.63. The lowest BCUT2D eigenvalue weighted by Gasteiger charge is -2.37. The molecule has 162 valence electrons. The predicted octanol–water partition coefficient (Wildman–Crippen LogP) is 3.13. The summed E-state index contributed by atoms with van der Waals surface area (Å²) < 4.78 is 5.58. The maximum atomic E-state index is 12.9. The van der Waals surface area contributed by atoms with E-state index >= 15 is 0 Å². The van der Waals surface area contributed by atoms with E-state index in [1.807, 2.05) is 67.3 Å². The highest BCUT2D eigenvalue weighted by Gasteiger charge is 2.31. The lowest BCUT2D eigenvalue weighted by atomic mass is 9.94. The molecule has 1 aliphatic rings. The quantitative estimate of drug-likeness (QED) is 0.762. The van der Waals surface area contributed by atoms with Crippen molar-refractivity contribution in [2.45, 2.75) is 19.9 Å². The van der Waals surface area contributed by atoms with Crippen LogP contribution in [0, 0.1) is 5.92 Å². The van der Waals surface area contributed by atoms with Gasteiger partial charge in [0.1, 0.15) is 5.75 Å². The number of amides is 2. The first-order chi connectivity index (χ1) is 14.0. The van der Waals surface area contributed by atoms with E-state index in [4.69, 9.17) is 10.5 Å². The van der Waals surface area contributed by atoms with Crippen molar-refractivity contribution in [3.8, 4) is 5.75 Å². The minimum atomic E-state index is -0.346. The number of nitrogens with two attached hydrogens (primary N) is 1. The van der Waals surface area contributed by atoms with Crippen LogP contribution >= 0.6 is 12.4 Å². The van der Waals surface area contributed by atoms with Gasteiger partial charge in [-0.15, -0.1) is 12.4 Å². The summed E-state index contributed by atoms with van der Waals surface area (Å²) in [6.45, 7) is 6.28. The molecule has 2 aromatic rings. The normalized spacial score (nSPS) is 15.7. The molecule has 0 aromatic heterocycles. The molecule has 7 heteroatoms. The molecule has 1 saturated heterocycles. The van der Waals surface area contributed by atoms with Crippen LogP contribution in [0.25, 0.3) is 0 Å². The largest absolute Gasteiger partial charge is 0.493 e. The molecular weight excluding hydrogens is 402 g/mol. The number of para-hydroxylation sites is 1. The molecular formula is C23H30ClN3O3. The Bertz CT molecular complexity index is 839. The van der Waals surface area contributed by atoms with Crippen LogP contribution in [-0.2, 0) is 4.79 Å². The Balaban J connectivity index is 0.00000320. The Kier molecular flexibility index (Phi) is 8.69. The van der Waals surface area contributed by atoms with E-state index < -0.39 is 0 Å². The first-order valence-electron chi connectivity index (χ1n) is 10.1. The highest BCUT2D eigenvalue weighted by molar-refractivity contribution is 5.97. The van der Waals surface area contributed by atoms with Gasteiger partial charge < -0.3 is 20.3 Å². The van der Waals surface area contributed by atoms with Crippen LogP contribution in [0.2, 0.25) is 0 Å².